The van der Waals surface area contributed by atoms with Gasteiger partial charge in [0.1, 0.15) is 11.0 Å². The van der Waals surface area contributed by atoms with Gasteiger partial charge in [-0.25, -0.2) is 4.68 Å². The Morgan fingerprint density at radius 3 is 2.50 bits per heavy atom. The van der Waals surface area contributed by atoms with Gasteiger partial charge in [0.15, 0.2) is 22.1 Å². The van der Waals surface area contributed by atoms with Gasteiger partial charge in [-0.3, -0.25) is 0 Å². The van der Waals surface area contributed by atoms with E-state index >= 15 is 0 Å². The van der Waals surface area contributed by atoms with Crippen LogP contribution in [0.15, 0.2) is 4.47 Å². The highest BCUT2D eigenvalue weighted by molar-refractivity contribution is 9.10. The first-order valence-corrected chi connectivity index (χ1v) is 8.22. The number of nitrogens with two attached hydrogens (primary N) is 1. The zero-order valence-electron chi connectivity index (χ0n) is 13.9. The Balaban J connectivity index is 2.20. The van der Waals surface area contributed by atoms with E-state index in [1.54, 1.807) is 0 Å². The lowest BCUT2D eigenvalue weighted by molar-refractivity contribution is -0.622. The lowest BCUT2D eigenvalue weighted by Crippen LogP contribution is -2.36. The second-order valence-electron chi connectivity index (χ2n) is 4.92. The van der Waals surface area contributed by atoms with Crippen LogP contribution < -0.4 is 24.7 Å². The minimum Gasteiger partial charge on any atom is -0.616 e. The van der Waals surface area contributed by atoms with E-state index < -0.39 is 0 Å². The summed E-state index contributed by atoms with van der Waals surface area (Å²) in [6, 6.07) is 0. The Labute approximate surface area is 160 Å². The molecule has 0 aromatic carbocycles. The van der Waals surface area contributed by atoms with Crippen LogP contribution in [0.4, 0.5) is 5.95 Å². The van der Waals surface area contributed by atoms with Crippen LogP contribution in [0.3, 0.4) is 0 Å². The number of nitrogens with zero attached hydrogens (tertiary/aromatic N) is 6. The van der Waals surface area contributed by atoms with Crippen molar-refractivity contribution in [2.45, 2.75) is 6.54 Å². The van der Waals surface area contributed by atoms with Gasteiger partial charge in [0, 0.05) is 0 Å². The van der Waals surface area contributed by atoms with Gasteiger partial charge in [-0.05, 0) is 15.9 Å². The van der Waals surface area contributed by atoms with Crippen molar-refractivity contribution >= 4 is 44.6 Å². The quantitative estimate of drug-likeness (QED) is 0.344. The molecule has 0 aliphatic heterocycles. The number of fused-ring (bicyclic) bond motifs is 1. The highest BCUT2D eigenvalue weighted by Gasteiger charge is 2.31. The third-order valence-electron chi connectivity index (χ3n) is 3.52. The van der Waals surface area contributed by atoms with Crippen LogP contribution in [-0.2, 0) is 6.54 Å². The molecular formula is C13H13BrClN7O4. The first kappa shape index (κ1) is 18.2. The molecule has 13 heteroatoms. The number of anilines is 1. The van der Waals surface area contributed by atoms with Crippen molar-refractivity contribution in [1.29, 1.82) is 0 Å². The number of pyridine rings is 1. The first-order valence-electron chi connectivity index (χ1n) is 7.04. The molecule has 0 unspecified atom stereocenters. The van der Waals surface area contributed by atoms with E-state index in [-0.39, 0.29) is 46.1 Å². The van der Waals surface area contributed by atoms with Crippen LogP contribution in [0.5, 0.6) is 17.4 Å². The van der Waals surface area contributed by atoms with Gasteiger partial charge in [-0.1, -0.05) is 16.8 Å². The molecule has 0 saturated heterocycles. The monoisotopic (exact) mass is 445 g/mol. The fourth-order valence-electron chi connectivity index (χ4n) is 2.39. The van der Waals surface area contributed by atoms with Crippen molar-refractivity contribution in [3.05, 3.63) is 20.5 Å². The fraction of sp³-hybridized carbons (Fsp3) is 0.308. The van der Waals surface area contributed by atoms with E-state index in [2.05, 4.69) is 36.2 Å². The van der Waals surface area contributed by atoms with Crippen molar-refractivity contribution in [2.75, 3.05) is 27.1 Å². The minimum absolute atomic E-state index is 0.0237. The largest absolute Gasteiger partial charge is 0.616 e. The van der Waals surface area contributed by atoms with Gasteiger partial charge in [-0.15, -0.1) is 9.83 Å². The van der Waals surface area contributed by atoms with Crippen LogP contribution in [0.1, 0.15) is 5.69 Å². The van der Waals surface area contributed by atoms with Crippen molar-refractivity contribution in [1.82, 2.24) is 25.0 Å². The number of aromatic nitrogens is 6. The molecule has 3 aromatic heterocycles. The molecule has 3 heterocycles. The molecule has 0 spiro atoms. The number of hydrogen-bond acceptors (Lipinski definition) is 9. The summed E-state index contributed by atoms with van der Waals surface area (Å²) in [5, 5.41) is 20.7. The summed E-state index contributed by atoms with van der Waals surface area (Å²) in [5.74, 6) is 0.339. The standard InChI is InChI=1S/C13H13BrClN7O4/c1-24-8-6(14)5(22(23)12(26-3)9(8)25-2)4-21-11-7(19-20-21)10(15)17-13(16)18-11/h4H2,1-3H3,(H2,16,17,18). The van der Waals surface area contributed by atoms with E-state index in [4.69, 9.17) is 31.5 Å². The molecule has 26 heavy (non-hydrogen) atoms. The van der Waals surface area contributed by atoms with E-state index in [0.717, 1.165) is 0 Å². The molecule has 0 amide bonds. The van der Waals surface area contributed by atoms with Crippen molar-refractivity contribution < 1.29 is 18.9 Å². The second kappa shape index (κ2) is 6.96. The smallest absolute Gasteiger partial charge is 0.427 e. The average molecular weight is 447 g/mol. The highest BCUT2D eigenvalue weighted by Crippen LogP contribution is 2.41. The molecule has 138 valence electrons. The number of rotatable bonds is 5. The van der Waals surface area contributed by atoms with Gasteiger partial charge < -0.3 is 25.2 Å². The Morgan fingerprint density at radius 1 is 1.19 bits per heavy atom. The zero-order valence-corrected chi connectivity index (χ0v) is 16.2. The van der Waals surface area contributed by atoms with Gasteiger partial charge in [-0.2, -0.15) is 9.97 Å². The minimum atomic E-state index is -0.0702. The predicted octanol–water partition coefficient (Wildman–Crippen LogP) is 0.927. The van der Waals surface area contributed by atoms with Crippen molar-refractivity contribution in [2.24, 2.45) is 0 Å². The molecule has 3 rings (SSSR count). The summed E-state index contributed by atoms with van der Waals surface area (Å²) in [4.78, 5) is 7.90. The Kier molecular flexibility index (Phi) is 4.87. The molecule has 0 aliphatic rings. The van der Waals surface area contributed by atoms with Crippen molar-refractivity contribution in [3.8, 4) is 17.4 Å². The zero-order chi connectivity index (χ0) is 19.0. The number of methoxy groups -OCH3 is 3. The van der Waals surface area contributed by atoms with Gasteiger partial charge in [0.05, 0.1) is 21.3 Å². The second-order valence-corrected chi connectivity index (χ2v) is 6.07. The van der Waals surface area contributed by atoms with Gasteiger partial charge >= 0.3 is 5.88 Å². The maximum Gasteiger partial charge on any atom is 0.427 e. The first-order chi connectivity index (χ1) is 12.4. The normalized spacial score (nSPS) is 11.0. The third kappa shape index (κ3) is 2.80. The average Bonchev–Trinajstić information content (AvgIpc) is 3.01. The lowest BCUT2D eigenvalue weighted by atomic mass is 10.3. The molecule has 0 bridgehead atoms. The Morgan fingerprint density at radius 2 is 1.88 bits per heavy atom. The van der Waals surface area contributed by atoms with Gasteiger partial charge in [0.2, 0.25) is 11.6 Å². The number of hydrogen-bond donors (Lipinski definition) is 1. The summed E-state index contributed by atoms with van der Waals surface area (Å²) in [6.45, 7) is -0.0237. The molecule has 0 aliphatic carbocycles. The SMILES string of the molecule is COc1c(Br)c(Cn2nnc3c(Cl)nc(N)nc32)[n+]([O-])c(OC)c1OC. The molecule has 0 radical (unpaired) electrons. The Hall–Kier alpha value is -2.60. The van der Waals surface area contributed by atoms with Crippen LogP contribution in [0.2, 0.25) is 5.15 Å². The fourth-order valence-corrected chi connectivity index (χ4v) is 3.23. The maximum absolute atomic E-state index is 12.7. The number of nitrogen functional groups attached to an aromatic ring is 1. The molecule has 0 saturated carbocycles. The van der Waals surface area contributed by atoms with Crippen LogP contribution in [-0.4, -0.2) is 46.3 Å². The van der Waals surface area contributed by atoms with E-state index in [1.165, 1.54) is 26.0 Å². The van der Waals surface area contributed by atoms with Crippen LogP contribution >= 0.6 is 27.5 Å². The topological polar surface area (TPSA) is 137 Å². The van der Waals surface area contributed by atoms with Crippen LogP contribution in [0.25, 0.3) is 11.2 Å². The summed E-state index contributed by atoms with van der Waals surface area (Å²) in [5.41, 5.74) is 6.40. The molecule has 0 atom stereocenters. The van der Waals surface area contributed by atoms with Crippen LogP contribution in [0, 0.1) is 5.21 Å². The summed E-state index contributed by atoms with van der Waals surface area (Å²) in [7, 11) is 4.20. The number of halogens is 2. The predicted molar refractivity (Wildman–Crippen MR) is 94.4 cm³/mol. The summed E-state index contributed by atoms with van der Waals surface area (Å²) in [6.07, 6.45) is 0. The molecular weight excluding hydrogens is 434 g/mol. The molecule has 0 fully saturated rings. The van der Waals surface area contributed by atoms with Gasteiger partial charge in [0.25, 0.3) is 5.75 Å². The van der Waals surface area contributed by atoms with E-state index in [9.17, 15) is 5.21 Å². The van der Waals surface area contributed by atoms with E-state index in [1.807, 2.05) is 0 Å². The maximum atomic E-state index is 12.7. The summed E-state index contributed by atoms with van der Waals surface area (Å²) >= 11 is 9.36. The Bertz CT molecular complexity index is 966. The lowest BCUT2D eigenvalue weighted by Gasteiger charge is -2.16. The molecule has 3 aromatic rings. The third-order valence-corrected chi connectivity index (χ3v) is 4.60. The van der Waals surface area contributed by atoms with Crippen molar-refractivity contribution in [3.63, 3.8) is 0 Å². The molecule has 2 N–H and O–H groups in total. The number of ether oxygens (including phenoxy) is 3. The highest BCUT2D eigenvalue weighted by atomic mass is 79.9. The van der Waals surface area contributed by atoms with E-state index in [0.29, 0.717) is 15.0 Å². The molecule has 11 nitrogen and oxygen atoms in total. The summed E-state index contributed by atoms with van der Waals surface area (Å²) < 4.78 is 18.0.